The molecule has 0 bridgehead atoms. The number of fused-ring (bicyclic) bond motifs is 2. The Bertz CT molecular complexity index is 1120. The molecule has 4 nitrogen and oxygen atoms in total. The van der Waals surface area contributed by atoms with E-state index in [1.54, 1.807) is 0 Å². The fourth-order valence-corrected chi connectivity index (χ4v) is 12.0. The molecule has 0 aromatic heterocycles. The zero-order valence-corrected chi connectivity index (χ0v) is 26.7. The first-order valence-electron chi connectivity index (χ1n) is 13.0. The summed E-state index contributed by atoms with van der Waals surface area (Å²) in [7, 11) is 0. The summed E-state index contributed by atoms with van der Waals surface area (Å²) in [5, 5.41) is 0. The van der Waals surface area contributed by atoms with Gasteiger partial charge in [0.05, 0.1) is 0 Å². The summed E-state index contributed by atoms with van der Waals surface area (Å²) in [5.74, 6) is 0. The van der Waals surface area contributed by atoms with Gasteiger partial charge in [0.2, 0.25) is 0 Å². The predicted molar refractivity (Wildman–Crippen MR) is 157 cm³/mol. The van der Waals surface area contributed by atoms with Gasteiger partial charge in [-0.1, -0.05) is 0 Å². The minimum atomic E-state index is -0.418. The van der Waals surface area contributed by atoms with E-state index in [0.717, 1.165) is 26.2 Å². The molecule has 2 aliphatic rings. The zero-order valence-electron chi connectivity index (χ0n) is 22.5. The van der Waals surface area contributed by atoms with Crippen molar-refractivity contribution >= 4 is 54.5 Å². The van der Waals surface area contributed by atoms with Crippen LogP contribution in [0.5, 0.6) is 0 Å². The Morgan fingerprint density at radius 1 is 0.472 bits per heavy atom. The Morgan fingerprint density at radius 2 is 0.778 bits per heavy atom. The molecule has 0 aliphatic carbocycles. The summed E-state index contributed by atoms with van der Waals surface area (Å²) in [5.41, 5.74) is 9.17. The Kier molecular flexibility index (Phi) is 7.12. The van der Waals surface area contributed by atoms with Crippen LogP contribution in [0.1, 0.15) is 52.7 Å². The predicted octanol–water partition coefficient (Wildman–Crippen LogP) is 6.50. The van der Waals surface area contributed by atoms with Crippen molar-refractivity contribution in [3.8, 4) is 0 Å². The molecule has 3 aromatic carbocycles. The van der Waals surface area contributed by atoms with Crippen molar-refractivity contribution < 1.29 is 0 Å². The second-order valence-electron chi connectivity index (χ2n) is 12.4. The molecule has 0 saturated carbocycles. The van der Waals surface area contributed by atoms with E-state index in [9.17, 15) is 0 Å². The van der Waals surface area contributed by atoms with E-state index in [1.165, 1.54) is 33.9 Å². The Morgan fingerprint density at radius 3 is 1.11 bits per heavy atom. The first-order valence-corrected chi connectivity index (χ1v) is 16.7. The molecule has 6 heteroatoms. The van der Waals surface area contributed by atoms with Crippen molar-refractivity contribution in [2.24, 2.45) is 10.8 Å². The van der Waals surface area contributed by atoms with Crippen LogP contribution in [0.15, 0.2) is 72.8 Å². The van der Waals surface area contributed by atoms with Crippen LogP contribution in [0.2, 0.25) is 0 Å². The molecular weight excluding hydrogens is 562 g/mol. The molecular formula is C30H38Ge2N4. The summed E-state index contributed by atoms with van der Waals surface area (Å²) in [4.78, 5) is 0. The molecule has 0 amide bonds. The van der Waals surface area contributed by atoms with E-state index in [-0.39, 0.29) is 10.8 Å². The molecule has 2 heterocycles. The van der Waals surface area contributed by atoms with E-state index in [0.29, 0.717) is 0 Å². The monoisotopic (exact) mass is 602 g/mol. The van der Waals surface area contributed by atoms with Gasteiger partial charge in [-0.15, -0.1) is 0 Å². The van der Waals surface area contributed by atoms with Crippen LogP contribution in [0.3, 0.4) is 0 Å². The first-order chi connectivity index (χ1) is 17.1. The average Bonchev–Trinajstić information content (AvgIpc) is 3.31. The molecule has 2 aliphatic heterocycles. The molecule has 0 unspecified atom stereocenters. The van der Waals surface area contributed by atoms with Gasteiger partial charge in [0, 0.05) is 0 Å². The molecule has 3 aromatic rings. The summed E-state index contributed by atoms with van der Waals surface area (Å²) >= 11 is -0.836. The van der Waals surface area contributed by atoms with Gasteiger partial charge < -0.3 is 0 Å². The molecule has 0 fully saturated rings. The van der Waals surface area contributed by atoms with Crippen LogP contribution in [0.25, 0.3) is 0 Å². The van der Waals surface area contributed by atoms with Crippen LogP contribution >= 0.6 is 0 Å². The van der Waals surface area contributed by atoms with E-state index in [2.05, 4.69) is 130 Å². The topological polar surface area (TPSA) is 13.0 Å². The third kappa shape index (κ3) is 5.75. The minimum absolute atomic E-state index is 0.288. The average molecular weight is 600 g/mol. The Hall–Kier alpha value is -2.05. The second-order valence-corrected chi connectivity index (χ2v) is 17.8. The maximum absolute atomic E-state index is 2.68. The SMILES string of the molecule is CC(C)(C)C[N]1[Ge][N](Cc2ccccc2C[N]2[Ge][N](CC(C)(C)C)c3ccccc32)c2ccccc21. The van der Waals surface area contributed by atoms with Gasteiger partial charge >= 0.3 is 232 Å². The van der Waals surface area contributed by atoms with Gasteiger partial charge in [0.1, 0.15) is 0 Å². The van der Waals surface area contributed by atoms with Crippen molar-refractivity contribution in [1.82, 2.24) is 0 Å². The summed E-state index contributed by atoms with van der Waals surface area (Å²) < 4.78 is 10.7. The molecule has 0 atom stereocenters. The summed E-state index contributed by atoms with van der Waals surface area (Å²) in [6.45, 7) is 18.3. The molecule has 4 radical (unpaired) electrons. The van der Waals surface area contributed by atoms with E-state index in [4.69, 9.17) is 0 Å². The fourth-order valence-electron chi connectivity index (χ4n) is 4.99. The van der Waals surface area contributed by atoms with E-state index >= 15 is 0 Å². The number of benzene rings is 3. The fraction of sp³-hybridized carbons (Fsp3) is 0.400. The van der Waals surface area contributed by atoms with Crippen LogP contribution in [0.4, 0.5) is 22.7 Å². The number of nitrogens with zero attached hydrogens (tertiary/aromatic N) is 4. The quantitative estimate of drug-likeness (QED) is 0.300. The van der Waals surface area contributed by atoms with Crippen LogP contribution < -0.4 is 15.4 Å². The normalized spacial score (nSPS) is 15.5. The molecule has 5 rings (SSSR count). The Balaban J connectivity index is 1.37. The first kappa shape index (κ1) is 25.6. The number of anilines is 4. The van der Waals surface area contributed by atoms with Crippen LogP contribution in [-0.4, -0.2) is 44.8 Å². The maximum atomic E-state index is 2.68. The number of rotatable bonds is 6. The van der Waals surface area contributed by atoms with Crippen molar-refractivity contribution in [2.45, 2.75) is 54.6 Å². The summed E-state index contributed by atoms with van der Waals surface area (Å²) in [6.07, 6.45) is 0. The third-order valence-electron chi connectivity index (χ3n) is 6.45. The standard InChI is InChI=1S/C30H38Ge2N4/c1-29(2,3)21-35-27-17-11-9-15-25(27)33(31-35)19-23-13-7-8-14-24(23)20-34-26-16-10-12-18-28(26)36(32-34)22-30(4,5)6/h7-18H,19-22H2,1-6H3. The van der Waals surface area contributed by atoms with Gasteiger partial charge in [-0.05, 0) is 0 Å². The molecule has 36 heavy (non-hydrogen) atoms. The van der Waals surface area contributed by atoms with Gasteiger partial charge in [-0.3, -0.25) is 0 Å². The van der Waals surface area contributed by atoms with Crippen LogP contribution in [-0.2, 0) is 13.1 Å². The number of hydrogen-bond acceptors (Lipinski definition) is 4. The second kappa shape index (κ2) is 10.0. The van der Waals surface area contributed by atoms with Crippen molar-refractivity contribution in [3.05, 3.63) is 83.9 Å². The number of hydrogen-bond donors (Lipinski definition) is 0. The summed E-state index contributed by atoms with van der Waals surface area (Å²) in [6, 6.07) is 27.2. The third-order valence-corrected chi connectivity index (χ3v) is 11.8. The number of para-hydroxylation sites is 4. The Labute approximate surface area is 231 Å². The molecule has 186 valence electrons. The molecule has 0 saturated heterocycles. The van der Waals surface area contributed by atoms with Crippen LogP contribution in [0, 0.1) is 10.8 Å². The van der Waals surface area contributed by atoms with Gasteiger partial charge in [-0.25, -0.2) is 0 Å². The van der Waals surface area contributed by atoms with Gasteiger partial charge in [0.15, 0.2) is 0 Å². The molecule has 0 N–H and O–H groups in total. The van der Waals surface area contributed by atoms with E-state index in [1.807, 2.05) is 0 Å². The van der Waals surface area contributed by atoms with Gasteiger partial charge in [0.25, 0.3) is 0 Å². The van der Waals surface area contributed by atoms with Crippen molar-refractivity contribution in [1.29, 1.82) is 0 Å². The van der Waals surface area contributed by atoms with Crippen molar-refractivity contribution in [2.75, 3.05) is 28.5 Å². The van der Waals surface area contributed by atoms with Gasteiger partial charge in [-0.2, -0.15) is 0 Å². The van der Waals surface area contributed by atoms with E-state index < -0.39 is 31.8 Å². The zero-order chi connectivity index (χ0) is 25.5. The van der Waals surface area contributed by atoms with Crippen molar-refractivity contribution in [3.63, 3.8) is 0 Å². The molecule has 0 spiro atoms.